The fraction of sp³-hybridized carbons (Fsp3) is 0.462. The van der Waals surface area contributed by atoms with E-state index in [1.54, 1.807) is 25.1 Å². The van der Waals surface area contributed by atoms with E-state index in [-0.39, 0.29) is 0 Å². The molecule has 20 heavy (non-hydrogen) atoms. The second-order valence-corrected chi connectivity index (χ2v) is 4.72. The van der Waals surface area contributed by atoms with Gasteiger partial charge in [-0.3, -0.25) is 9.69 Å². The highest BCUT2D eigenvalue weighted by molar-refractivity contribution is 5.95. The molecule has 112 valence electrons. The summed E-state index contributed by atoms with van der Waals surface area (Å²) in [5.41, 5.74) is 7.41. The monoisotopic (exact) mass is 289 g/mol. The fourth-order valence-electron chi connectivity index (χ4n) is 1.65. The largest absolute Gasteiger partial charge is 0.401 e. The molecular formula is C13H18F3N3O. The lowest BCUT2D eigenvalue weighted by Gasteiger charge is -2.25. The summed E-state index contributed by atoms with van der Waals surface area (Å²) in [4.78, 5) is 12.9. The number of amides is 1. The van der Waals surface area contributed by atoms with Gasteiger partial charge in [0, 0.05) is 11.4 Å². The van der Waals surface area contributed by atoms with Gasteiger partial charge in [-0.15, -0.1) is 0 Å². The van der Waals surface area contributed by atoms with E-state index in [9.17, 15) is 18.0 Å². The molecule has 0 aliphatic heterocycles. The number of likely N-dealkylation sites (N-methyl/N-ethyl adjacent to an activating group) is 1. The Morgan fingerprint density at radius 2 is 2.05 bits per heavy atom. The van der Waals surface area contributed by atoms with Crippen LogP contribution in [-0.4, -0.2) is 36.6 Å². The molecule has 1 unspecified atom stereocenters. The summed E-state index contributed by atoms with van der Waals surface area (Å²) in [5.74, 6) is -0.509. The van der Waals surface area contributed by atoms with Crippen molar-refractivity contribution in [3.63, 3.8) is 0 Å². The molecule has 1 amide bonds. The van der Waals surface area contributed by atoms with Crippen LogP contribution in [0.1, 0.15) is 12.5 Å². The molecule has 1 aromatic carbocycles. The number of nitrogen functional groups attached to an aromatic ring is 1. The first-order valence-electron chi connectivity index (χ1n) is 6.04. The summed E-state index contributed by atoms with van der Waals surface area (Å²) in [6.07, 6.45) is -4.34. The number of benzene rings is 1. The van der Waals surface area contributed by atoms with Crippen LogP contribution in [0.15, 0.2) is 18.2 Å². The Morgan fingerprint density at radius 1 is 1.45 bits per heavy atom. The molecule has 0 aliphatic rings. The first-order valence-corrected chi connectivity index (χ1v) is 6.04. The Kier molecular flexibility index (Phi) is 4.99. The van der Waals surface area contributed by atoms with Crippen molar-refractivity contribution in [1.29, 1.82) is 0 Å². The van der Waals surface area contributed by atoms with Crippen LogP contribution in [-0.2, 0) is 4.79 Å². The van der Waals surface area contributed by atoms with E-state index in [0.717, 1.165) is 4.90 Å². The molecule has 0 saturated carbocycles. The zero-order chi connectivity index (χ0) is 15.5. The predicted molar refractivity (Wildman–Crippen MR) is 72.4 cm³/mol. The summed E-state index contributed by atoms with van der Waals surface area (Å²) >= 11 is 0. The second-order valence-electron chi connectivity index (χ2n) is 4.72. The molecule has 1 atom stereocenters. The summed E-state index contributed by atoms with van der Waals surface area (Å²) in [7, 11) is 1.25. The minimum atomic E-state index is -4.34. The number of anilines is 2. The number of hydrogen-bond acceptors (Lipinski definition) is 3. The lowest BCUT2D eigenvalue weighted by atomic mass is 10.1. The van der Waals surface area contributed by atoms with Gasteiger partial charge in [0.1, 0.15) is 0 Å². The van der Waals surface area contributed by atoms with E-state index < -0.39 is 24.7 Å². The van der Waals surface area contributed by atoms with Crippen molar-refractivity contribution in [2.75, 3.05) is 24.6 Å². The number of carbonyl (C=O) groups excluding carboxylic acids is 1. The number of nitrogens with one attached hydrogen (secondary N) is 1. The molecule has 7 heteroatoms. The third-order valence-corrected chi connectivity index (χ3v) is 3.10. The second kappa shape index (κ2) is 6.13. The number of hydrogen-bond donors (Lipinski definition) is 2. The summed E-state index contributed by atoms with van der Waals surface area (Å²) < 4.78 is 36.9. The first-order chi connectivity index (χ1) is 9.11. The minimum Gasteiger partial charge on any atom is -0.398 e. The van der Waals surface area contributed by atoms with Crippen LogP contribution in [0.3, 0.4) is 0 Å². The van der Waals surface area contributed by atoms with E-state index in [0.29, 0.717) is 16.9 Å². The van der Waals surface area contributed by atoms with Gasteiger partial charge in [-0.2, -0.15) is 13.2 Å². The molecular weight excluding hydrogens is 271 g/mol. The Hall–Kier alpha value is -1.76. The van der Waals surface area contributed by atoms with Gasteiger partial charge in [0.25, 0.3) is 0 Å². The van der Waals surface area contributed by atoms with Crippen LogP contribution in [0.5, 0.6) is 0 Å². The normalized spacial score (nSPS) is 13.3. The molecule has 3 N–H and O–H groups in total. The van der Waals surface area contributed by atoms with Crippen molar-refractivity contribution in [3.8, 4) is 0 Å². The fourth-order valence-corrected chi connectivity index (χ4v) is 1.65. The van der Waals surface area contributed by atoms with Crippen LogP contribution in [0.4, 0.5) is 24.5 Å². The van der Waals surface area contributed by atoms with Gasteiger partial charge in [0.15, 0.2) is 0 Å². The van der Waals surface area contributed by atoms with Crippen molar-refractivity contribution in [3.05, 3.63) is 23.8 Å². The molecule has 1 aromatic rings. The summed E-state index contributed by atoms with van der Waals surface area (Å²) in [6, 6.07) is 4.10. The van der Waals surface area contributed by atoms with E-state index in [1.807, 2.05) is 0 Å². The van der Waals surface area contributed by atoms with Crippen molar-refractivity contribution >= 4 is 17.3 Å². The number of nitrogens with two attached hydrogens (primary N) is 1. The quantitative estimate of drug-likeness (QED) is 0.837. The zero-order valence-electron chi connectivity index (χ0n) is 11.6. The highest BCUT2D eigenvalue weighted by Crippen LogP contribution is 2.21. The SMILES string of the molecule is Cc1c(N)cccc1NC(=O)C(C)N(C)CC(F)(F)F. The molecule has 0 fully saturated rings. The van der Waals surface area contributed by atoms with Gasteiger partial charge in [0.05, 0.1) is 12.6 Å². The molecule has 0 aromatic heterocycles. The molecule has 1 rings (SSSR count). The molecule has 0 aliphatic carbocycles. The Morgan fingerprint density at radius 3 is 2.60 bits per heavy atom. The standard InChI is InChI=1S/C13H18F3N3O/c1-8-10(17)5-4-6-11(8)18-12(20)9(2)19(3)7-13(14,15)16/h4-6,9H,7,17H2,1-3H3,(H,18,20). The zero-order valence-corrected chi connectivity index (χ0v) is 11.6. The number of carbonyl (C=O) groups is 1. The minimum absolute atomic E-state index is 0.502. The Bertz CT molecular complexity index is 488. The number of nitrogens with zero attached hydrogens (tertiary/aromatic N) is 1. The highest BCUT2D eigenvalue weighted by atomic mass is 19.4. The van der Waals surface area contributed by atoms with E-state index in [2.05, 4.69) is 5.32 Å². The van der Waals surface area contributed by atoms with Crippen molar-refractivity contribution in [2.45, 2.75) is 26.1 Å². The Balaban J connectivity index is 2.73. The van der Waals surface area contributed by atoms with Gasteiger partial charge in [0.2, 0.25) is 5.91 Å². The maximum absolute atomic E-state index is 12.3. The summed E-state index contributed by atoms with van der Waals surface area (Å²) in [5, 5.41) is 2.59. The van der Waals surface area contributed by atoms with Crippen LogP contribution in [0.2, 0.25) is 0 Å². The molecule has 0 heterocycles. The lowest BCUT2D eigenvalue weighted by Crippen LogP contribution is -2.44. The van der Waals surface area contributed by atoms with Gasteiger partial charge in [-0.1, -0.05) is 6.07 Å². The van der Waals surface area contributed by atoms with Gasteiger partial charge in [-0.05, 0) is 38.6 Å². The molecule has 0 spiro atoms. The number of alkyl halides is 3. The van der Waals surface area contributed by atoms with Crippen molar-refractivity contribution < 1.29 is 18.0 Å². The van der Waals surface area contributed by atoms with E-state index in [1.165, 1.54) is 14.0 Å². The summed E-state index contributed by atoms with van der Waals surface area (Å²) in [6.45, 7) is 2.01. The third-order valence-electron chi connectivity index (χ3n) is 3.10. The molecule has 4 nitrogen and oxygen atoms in total. The highest BCUT2D eigenvalue weighted by Gasteiger charge is 2.32. The van der Waals surface area contributed by atoms with Gasteiger partial charge >= 0.3 is 6.18 Å². The Labute approximate surface area is 115 Å². The predicted octanol–water partition coefficient (Wildman–Crippen LogP) is 2.40. The first kappa shape index (κ1) is 16.3. The average molecular weight is 289 g/mol. The molecule has 0 saturated heterocycles. The van der Waals surface area contributed by atoms with Gasteiger partial charge in [-0.25, -0.2) is 0 Å². The van der Waals surface area contributed by atoms with Crippen LogP contribution in [0.25, 0.3) is 0 Å². The number of halogens is 3. The van der Waals surface area contributed by atoms with Crippen LogP contribution >= 0.6 is 0 Å². The van der Waals surface area contributed by atoms with Crippen LogP contribution < -0.4 is 11.1 Å². The maximum atomic E-state index is 12.3. The number of rotatable bonds is 4. The van der Waals surface area contributed by atoms with Crippen LogP contribution in [0, 0.1) is 6.92 Å². The van der Waals surface area contributed by atoms with E-state index in [4.69, 9.17) is 5.73 Å². The molecule has 0 bridgehead atoms. The maximum Gasteiger partial charge on any atom is 0.401 e. The topological polar surface area (TPSA) is 58.4 Å². The average Bonchev–Trinajstić information content (AvgIpc) is 2.31. The lowest BCUT2D eigenvalue weighted by molar-refractivity contribution is -0.149. The van der Waals surface area contributed by atoms with Crippen molar-refractivity contribution in [2.24, 2.45) is 0 Å². The third kappa shape index (κ3) is 4.41. The van der Waals surface area contributed by atoms with Crippen molar-refractivity contribution in [1.82, 2.24) is 4.90 Å². The smallest absolute Gasteiger partial charge is 0.398 e. The van der Waals surface area contributed by atoms with E-state index >= 15 is 0 Å². The molecule has 0 radical (unpaired) electrons. The van der Waals surface area contributed by atoms with Gasteiger partial charge < -0.3 is 11.1 Å².